The maximum Gasteiger partial charge on any atom is 0.247 e. The molecule has 0 saturated carbocycles. The van der Waals surface area contributed by atoms with Crippen LogP contribution in [0.1, 0.15) is 23.6 Å². The van der Waals surface area contributed by atoms with Crippen molar-refractivity contribution in [3.05, 3.63) is 76.3 Å². The molecule has 138 valence electrons. The molecule has 0 bridgehead atoms. The zero-order chi connectivity index (χ0) is 19.6. The highest BCUT2D eigenvalue weighted by atomic mass is 35.5. The van der Waals surface area contributed by atoms with Gasteiger partial charge in [0.2, 0.25) is 11.8 Å². The second-order valence-corrected chi connectivity index (χ2v) is 6.26. The SMILES string of the molecule is CCN(CC(=O)NCc1ccc(Cl)cc1)C(=O)/C=C/c1ccc(C#N)cc1. The topological polar surface area (TPSA) is 73.2 Å². The van der Waals surface area contributed by atoms with Crippen LogP contribution in [0.4, 0.5) is 0 Å². The van der Waals surface area contributed by atoms with Crippen molar-refractivity contribution in [2.45, 2.75) is 13.5 Å². The highest BCUT2D eigenvalue weighted by Gasteiger charge is 2.13. The first-order valence-electron chi connectivity index (χ1n) is 8.50. The smallest absolute Gasteiger partial charge is 0.247 e. The number of rotatable bonds is 7. The molecule has 2 amide bonds. The second kappa shape index (κ2) is 10.1. The third-order valence-corrected chi connectivity index (χ3v) is 4.14. The highest BCUT2D eigenvalue weighted by molar-refractivity contribution is 6.30. The molecule has 0 aliphatic carbocycles. The van der Waals surface area contributed by atoms with Crippen LogP contribution in [0.25, 0.3) is 6.08 Å². The van der Waals surface area contributed by atoms with Gasteiger partial charge < -0.3 is 10.2 Å². The lowest BCUT2D eigenvalue weighted by Gasteiger charge is -2.18. The highest BCUT2D eigenvalue weighted by Crippen LogP contribution is 2.09. The lowest BCUT2D eigenvalue weighted by molar-refractivity contribution is -0.132. The molecule has 0 radical (unpaired) electrons. The van der Waals surface area contributed by atoms with E-state index >= 15 is 0 Å². The number of benzene rings is 2. The molecule has 0 aliphatic heterocycles. The molecule has 0 unspecified atom stereocenters. The van der Waals surface area contributed by atoms with Gasteiger partial charge in [0.15, 0.2) is 0 Å². The predicted molar refractivity (Wildman–Crippen MR) is 106 cm³/mol. The van der Waals surface area contributed by atoms with E-state index in [0.29, 0.717) is 23.7 Å². The molecule has 0 saturated heterocycles. The van der Waals surface area contributed by atoms with Crippen LogP contribution in [0, 0.1) is 11.3 Å². The number of carbonyl (C=O) groups is 2. The van der Waals surface area contributed by atoms with Crippen LogP contribution >= 0.6 is 11.6 Å². The van der Waals surface area contributed by atoms with Gasteiger partial charge in [0, 0.05) is 24.2 Å². The molecule has 0 atom stereocenters. The summed E-state index contributed by atoms with van der Waals surface area (Å²) in [4.78, 5) is 25.9. The van der Waals surface area contributed by atoms with Crippen molar-refractivity contribution < 1.29 is 9.59 Å². The zero-order valence-corrected chi connectivity index (χ0v) is 15.7. The summed E-state index contributed by atoms with van der Waals surface area (Å²) in [7, 11) is 0. The molecule has 27 heavy (non-hydrogen) atoms. The Labute approximate surface area is 163 Å². The molecular formula is C21H20ClN3O2. The summed E-state index contributed by atoms with van der Waals surface area (Å²) >= 11 is 5.83. The van der Waals surface area contributed by atoms with Crippen molar-refractivity contribution >= 4 is 29.5 Å². The Hall–Kier alpha value is -3.10. The van der Waals surface area contributed by atoms with Crippen molar-refractivity contribution in [1.29, 1.82) is 5.26 Å². The molecule has 0 heterocycles. The summed E-state index contributed by atoms with van der Waals surface area (Å²) in [6.07, 6.45) is 3.09. The quantitative estimate of drug-likeness (QED) is 0.747. The minimum Gasteiger partial charge on any atom is -0.350 e. The average Bonchev–Trinajstić information content (AvgIpc) is 2.70. The fraction of sp³-hybridized carbons (Fsp3) is 0.190. The molecule has 2 aromatic rings. The average molecular weight is 382 g/mol. The third-order valence-electron chi connectivity index (χ3n) is 3.89. The number of nitrogens with zero attached hydrogens (tertiary/aromatic N) is 2. The van der Waals surface area contributed by atoms with Gasteiger partial charge in [-0.2, -0.15) is 5.26 Å². The van der Waals surface area contributed by atoms with Crippen LogP contribution in [-0.4, -0.2) is 29.8 Å². The van der Waals surface area contributed by atoms with Crippen LogP contribution in [-0.2, 0) is 16.1 Å². The van der Waals surface area contributed by atoms with Crippen LogP contribution in [0.15, 0.2) is 54.6 Å². The summed E-state index contributed by atoms with van der Waals surface area (Å²) < 4.78 is 0. The molecule has 0 aromatic heterocycles. The van der Waals surface area contributed by atoms with Crippen molar-refractivity contribution in [3.63, 3.8) is 0 Å². The van der Waals surface area contributed by atoms with E-state index in [4.69, 9.17) is 16.9 Å². The van der Waals surface area contributed by atoms with Crippen LogP contribution in [0.2, 0.25) is 5.02 Å². The number of nitriles is 1. The molecule has 6 heteroatoms. The van der Waals surface area contributed by atoms with Crippen molar-refractivity contribution in [2.24, 2.45) is 0 Å². The fourth-order valence-corrected chi connectivity index (χ4v) is 2.45. The lowest BCUT2D eigenvalue weighted by Crippen LogP contribution is -2.39. The maximum atomic E-state index is 12.3. The summed E-state index contributed by atoms with van der Waals surface area (Å²) in [6.45, 7) is 2.61. The van der Waals surface area contributed by atoms with E-state index in [1.807, 2.05) is 25.1 Å². The Morgan fingerprint density at radius 3 is 2.41 bits per heavy atom. The van der Waals surface area contributed by atoms with E-state index in [0.717, 1.165) is 11.1 Å². The van der Waals surface area contributed by atoms with E-state index in [1.54, 1.807) is 42.5 Å². The van der Waals surface area contributed by atoms with Crippen LogP contribution < -0.4 is 5.32 Å². The summed E-state index contributed by atoms with van der Waals surface area (Å²) in [6, 6.07) is 16.1. The standard InChI is InChI=1S/C21H20ClN3O2/c1-2-25(15-20(26)24-14-18-7-10-19(22)11-8-18)21(27)12-9-16-3-5-17(13-23)6-4-16/h3-12H,2,14-15H2,1H3,(H,24,26)/b12-9+. The number of hydrogen-bond donors (Lipinski definition) is 1. The molecule has 0 fully saturated rings. The largest absolute Gasteiger partial charge is 0.350 e. The molecule has 2 rings (SSSR count). The van der Waals surface area contributed by atoms with Gasteiger partial charge in [-0.3, -0.25) is 9.59 Å². The Morgan fingerprint density at radius 2 is 1.81 bits per heavy atom. The number of likely N-dealkylation sites (N-methyl/N-ethyl adjacent to an activating group) is 1. The Kier molecular flexibility index (Phi) is 7.60. The normalized spacial score (nSPS) is 10.4. The number of carbonyl (C=O) groups excluding carboxylic acids is 2. The van der Waals surface area contributed by atoms with Gasteiger partial charge in [0.25, 0.3) is 0 Å². The van der Waals surface area contributed by atoms with E-state index in [9.17, 15) is 9.59 Å². The Morgan fingerprint density at radius 1 is 1.15 bits per heavy atom. The second-order valence-electron chi connectivity index (χ2n) is 5.82. The van der Waals surface area contributed by atoms with Gasteiger partial charge in [-0.1, -0.05) is 35.9 Å². The number of nitrogens with one attached hydrogen (secondary N) is 1. The van der Waals surface area contributed by atoms with Gasteiger partial charge in [0.1, 0.15) is 0 Å². The van der Waals surface area contributed by atoms with E-state index < -0.39 is 0 Å². The summed E-state index contributed by atoms with van der Waals surface area (Å²) in [5.41, 5.74) is 2.31. The summed E-state index contributed by atoms with van der Waals surface area (Å²) in [5.74, 6) is -0.476. The van der Waals surface area contributed by atoms with E-state index in [-0.39, 0.29) is 18.4 Å². The summed E-state index contributed by atoms with van der Waals surface area (Å²) in [5, 5.41) is 12.2. The van der Waals surface area contributed by atoms with E-state index in [2.05, 4.69) is 5.32 Å². The number of amides is 2. The van der Waals surface area contributed by atoms with Crippen LogP contribution in [0.3, 0.4) is 0 Å². The first-order valence-corrected chi connectivity index (χ1v) is 8.88. The zero-order valence-electron chi connectivity index (χ0n) is 15.0. The molecule has 1 N–H and O–H groups in total. The van der Waals surface area contributed by atoms with Crippen molar-refractivity contribution in [2.75, 3.05) is 13.1 Å². The fourth-order valence-electron chi connectivity index (χ4n) is 2.32. The van der Waals surface area contributed by atoms with Gasteiger partial charge in [-0.05, 0) is 48.4 Å². The lowest BCUT2D eigenvalue weighted by atomic mass is 10.1. The van der Waals surface area contributed by atoms with Gasteiger partial charge in [0.05, 0.1) is 18.2 Å². The minimum absolute atomic E-state index is 0.0133. The number of halogens is 1. The van der Waals surface area contributed by atoms with Crippen molar-refractivity contribution in [3.8, 4) is 6.07 Å². The molecule has 5 nitrogen and oxygen atoms in total. The van der Waals surface area contributed by atoms with Gasteiger partial charge >= 0.3 is 0 Å². The Bertz CT molecular complexity index is 852. The first kappa shape index (κ1) is 20.2. The van der Waals surface area contributed by atoms with Gasteiger partial charge in [-0.25, -0.2) is 0 Å². The minimum atomic E-state index is -0.247. The molecular weight excluding hydrogens is 362 g/mol. The maximum absolute atomic E-state index is 12.3. The van der Waals surface area contributed by atoms with Gasteiger partial charge in [-0.15, -0.1) is 0 Å². The van der Waals surface area contributed by atoms with E-state index in [1.165, 1.54) is 11.0 Å². The van der Waals surface area contributed by atoms with Crippen LogP contribution in [0.5, 0.6) is 0 Å². The first-order chi connectivity index (χ1) is 13.0. The third kappa shape index (κ3) is 6.61. The number of hydrogen-bond acceptors (Lipinski definition) is 3. The predicted octanol–water partition coefficient (Wildman–Crippen LogP) is 3.39. The molecule has 2 aromatic carbocycles. The van der Waals surface area contributed by atoms with Crippen molar-refractivity contribution in [1.82, 2.24) is 10.2 Å². The monoisotopic (exact) mass is 381 g/mol. The molecule has 0 spiro atoms. The molecule has 0 aliphatic rings. The Balaban J connectivity index is 1.87.